The summed E-state index contributed by atoms with van der Waals surface area (Å²) >= 11 is 0. The Morgan fingerprint density at radius 3 is 2.44 bits per heavy atom. The fourth-order valence-corrected chi connectivity index (χ4v) is 4.07. The van der Waals surface area contributed by atoms with Crippen LogP contribution in [0, 0.1) is 16.7 Å². The predicted octanol–water partition coefficient (Wildman–Crippen LogP) is 4.91. The predicted molar refractivity (Wildman–Crippen MR) is 76.5 cm³/mol. The number of carbonyl (C=O) groups is 1. The molecule has 0 heterocycles. The van der Waals surface area contributed by atoms with Crippen LogP contribution in [0.3, 0.4) is 0 Å². The number of allylic oxidation sites excluding steroid dienone is 2. The summed E-state index contributed by atoms with van der Waals surface area (Å²) in [4.78, 5) is 11.9. The van der Waals surface area contributed by atoms with Crippen LogP contribution >= 0.6 is 0 Å². The van der Waals surface area contributed by atoms with Gasteiger partial charge in [-0.3, -0.25) is 4.79 Å². The van der Waals surface area contributed by atoms with Gasteiger partial charge in [0.1, 0.15) is 5.78 Å². The van der Waals surface area contributed by atoms with Crippen LogP contribution in [0.15, 0.2) is 11.1 Å². The average Bonchev–Trinajstić information content (AvgIpc) is 2.36. The molecule has 1 unspecified atom stereocenters. The van der Waals surface area contributed by atoms with Crippen LogP contribution in [0.2, 0.25) is 0 Å². The van der Waals surface area contributed by atoms with E-state index in [1.54, 1.807) is 18.1 Å². The molecule has 1 atom stereocenters. The number of hydrogen-bond acceptors (Lipinski definition) is 1. The maximum absolute atomic E-state index is 11.9. The van der Waals surface area contributed by atoms with Gasteiger partial charge in [-0.25, -0.2) is 0 Å². The molecule has 0 N–H and O–H groups in total. The van der Waals surface area contributed by atoms with Crippen molar-refractivity contribution in [2.45, 2.75) is 73.1 Å². The van der Waals surface area contributed by atoms with Crippen LogP contribution in [0.5, 0.6) is 0 Å². The molecule has 0 fully saturated rings. The molecule has 0 spiro atoms. The van der Waals surface area contributed by atoms with Gasteiger partial charge >= 0.3 is 0 Å². The van der Waals surface area contributed by atoms with Crippen LogP contribution < -0.4 is 0 Å². The third-order valence-electron chi connectivity index (χ3n) is 5.29. The molecule has 0 amide bonds. The first-order valence-electron chi connectivity index (χ1n) is 7.46. The SMILES string of the molecule is CC(=O)C1CC2=C(CC1(C)C)C(C)(C)CCCC2. The van der Waals surface area contributed by atoms with E-state index in [1.165, 1.54) is 25.7 Å². The van der Waals surface area contributed by atoms with Crippen molar-refractivity contribution < 1.29 is 4.79 Å². The van der Waals surface area contributed by atoms with E-state index < -0.39 is 0 Å². The van der Waals surface area contributed by atoms with Gasteiger partial charge in [-0.15, -0.1) is 0 Å². The lowest BCUT2D eigenvalue weighted by Crippen LogP contribution is -2.36. The van der Waals surface area contributed by atoms with E-state index in [1.807, 2.05) is 0 Å². The van der Waals surface area contributed by atoms with E-state index in [0.717, 1.165) is 12.8 Å². The third-order valence-corrected chi connectivity index (χ3v) is 5.29. The normalized spacial score (nSPS) is 30.6. The molecule has 1 nitrogen and oxygen atoms in total. The minimum atomic E-state index is 0.145. The van der Waals surface area contributed by atoms with Crippen LogP contribution in [0.25, 0.3) is 0 Å². The maximum Gasteiger partial charge on any atom is 0.133 e. The molecule has 2 rings (SSSR count). The maximum atomic E-state index is 11.9. The van der Waals surface area contributed by atoms with Gasteiger partial charge in [0.15, 0.2) is 0 Å². The van der Waals surface area contributed by atoms with Crippen LogP contribution in [-0.2, 0) is 4.79 Å². The van der Waals surface area contributed by atoms with Crippen molar-refractivity contribution in [2.75, 3.05) is 0 Å². The molecule has 2 aliphatic carbocycles. The summed E-state index contributed by atoms with van der Waals surface area (Å²) in [6.45, 7) is 11.1. The minimum absolute atomic E-state index is 0.145. The molecule has 0 radical (unpaired) electrons. The average molecular weight is 248 g/mol. The molecular formula is C17H28O. The Morgan fingerprint density at radius 1 is 1.17 bits per heavy atom. The second-order valence-electron chi connectivity index (χ2n) is 7.71. The summed E-state index contributed by atoms with van der Waals surface area (Å²) in [6.07, 6.45) is 7.35. The lowest BCUT2D eigenvalue weighted by Gasteiger charge is -2.43. The van der Waals surface area contributed by atoms with Crippen molar-refractivity contribution >= 4 is 5.78 Å². The molecule has 0 bridgehead atoms. The molecule has 0 aromatic heterocycles. The van der Waals surface area contributed by atoms with Crippen molar-refractivity contribution in [2.24, 2.45) is 16.7 Å². The highest BCUT2D eigenvalue weighted by atomic mass is 16.1. The van der Waals surface area contributed by atoms with Crippen LogP contribution in [0.4, 0.5) is 0 Å². The summed E-state index contributed by atoms with van der Waals surface area (Å²) in [7, 11) is 0. The lowest BCUT2D eigenvalue weighted by molar-refractivity contribution is -0.124. The van der Waals surface area contributed by atoms with E-state index in [9.17, 15) is 4.79 Å². The van der Waals surface area contributed by atoms with E-state index >= 15 is 0 Å². The molecule has 18 heavy (non-hydrogen) atoms. The standard InChI is InChI=1S/C17H28O/c1-12(18)14-10-13-8-6-7-9-16(2,3)15(13)11-17(14,4)5/h14H,6-11H2,1-5H3. The molecule has 2 aliphatic rings. The first-order valence-corrected chi connectivity index (χ1v) is 7.46. The smallest absolute Gasteiger partial charge is 0.133 e. The molecule has 102 valence electrons. The molecule has 0 saturated carbocycles. The second-order valence-corrected chi connectivity index (χ2v) is 7.71. The molecule has 0 aromatic carbocycles. The number of Topliss-reactive ketones (excluding diaryl/α,β-unsaturated/α-hetero) is 1. The Kier molecular flexibility index (Phi) is 3.46. The third kappa shape index (κ3) is 2.41. The van der Waals surface area contributed by atoms with Gasteiger partial charge in [0.25, 0.3) is 0 Å². The number of hydrogen-bond donors (Lipinski definition) is 0. The second kappa shape index (κ2) is 4.51. The van der Waals surface area contributed by atoms with Gasteiger partial charge in [-0.2, -0.15) is 0 Å². The molecule has 0 saturated heterocycles. The Hall–Kier alpha value is -0.590. The Bertz CT molecular complexity index is 384. The largest absolute Gasteiger partial charge is 0.300 e. The Morgan fingerprint density at radius 2 is 1.83 bits per heavy atom. The van der Waals surface area contributed by atoms with E-state index in [2.05, 4.69) is 27.7 Å². The fraction of sp³-hybridized carbons (Fsp3) is 0.824. The summed E-state index contributed by atoms with van der Waals surface area (Å²) < 4.78 is 0. The zero-order valence-electron chi connectivity index (χ0n) is 12.7. The summed E-state index contributed by atoms with van der Waals surface area (Å²) in [5, 5.41) is 0. The van der Waals surface area contributed by atoms with Gasteiger partial charge in [0.05, 0.1) is 0 Å². The van der Waals surface area contributed by atoms with Gasteiger partial charge in [-0.05, 0) is 49.9 Å². The highest BCUT2D eigenvalue weighted by Crippen LogP contribution is 2.52. The van der Waals surface area contributed by atoms with Crippen molar-refractivity contribution in [3.63, 3.8) is 0 Å². The summed E-state index contributed by atoms with van der Waals surface area (Å²) in [5.74, 6) is 0.624. The molecular weight excluding hydrogens is 220 g/mol. The lowest BCUT2D eigenvalue weighted by atomic mass is 9.60. The summed E-state index contributed by atoms with van der Waals surface area (Å²) in [6, 6.07) is 0. The first kappa shape index (κ1) is 13.8. The highest BCUT2D eigenvalue weighted by Gasteiger charge is 2.42. The number of rotatable bonds is 1. The monoisotopic (exact) mass is 248 g/mol. The van der Waals surface area contributed by atoms with E-state index in [4.69, 9.17) is 0 Å². The van der Waals surface area contributed by atoms with E-state index in [-0.39, 0.29) is 11.3 Å². The zero-order valence-corrected chi connectivity index (χ0v) is 12.7. The first-order chi connectivity index (χ1) is 8.24. The van der Waals surface area contributed by atoms with Crippen molar-refractivity contribution in [3.05, 3.63) is 11.1 Å². The van der Waals surface area contributed by atoms with Gasteiger partial charge in [0.2, 0.25) is 0 Å². The number of ketones is 1. The van der Waals surface area contributed by atoms with E-state index in [0.29, 0.717) is 11.2 Å². The Labute approximate surface area is 112 Å². The fourth-order valence-electron chi connectivity index (χ4n) is 4.07. The molecule has 1 heteroatoms. The van der Waals surface area contributed by atoms with Crippen molar-refractivity contribution in [1.82, 2.24) is 0 Å². The van der Waals surface area contributed by atoms with Gasteiger partial charge in [-0.1, -0.05) is 45.3 Å². The number of carbonyl (C=O) groups excluding carboxylic acids is 1. The minimum Gasteiger partial charge on any atom is -0.300 e. The summed E-state index contributed by atoms with van der Waals surface area (Å²) in [5.41, 5.74) is 3.80. The van der Waals surface area contributed by atoms with Crippen molar-refractivity contribution in [3.8, 4) is 0 Å². The van der Waals surface area contributed by atoms with Gasteiger partial charge < -0.3 is 0 Å². The van der Waals surface area contributed by atoms with Crippen LogP contribution in [-0.4, -0.2) is 5.78 Å². The molecule has 0 aromatic rings. The van der Waals surface area contributed by atoms with Crippen LogP contribution in [0.1, 0.15) is 73.1 Å². The highest BCUT2D eigenvalue weighted by molar-refractivity contribution is 5.79. The molecule has 0 aliphatic heterocycles. The van der Waals surface area contributed by atoms with Gasteiger partial charge in [0, 0.05) is 5.92 Å². The zero-order chi connectivity index (χ0) is 13.6. The topological polar surface area (TPSA) is 17.1 Å². The van der Waals surface area contributed by atoms with Crippen molar-refractivity contribution in [1.29, 1.82) is 0 Å². The quantitative estimate of drug-likeness (QED) is 0.603. The Balaban J connectivity index is 2.39.